The van der Waals surface area contributed by atoms with Crippen LogP contribution in [0.4, 0.5) is 0 Å². The molecule has 10 aromatic carbocycles. The molecule has 0 unspecified atom stereocenters. The Kier molecular flexibility index (Phi) is 6.22. The van der Waals surface area contributed by atoms with Crippen molar-refractivity contribution in [1.82, 2.24) is 14.5 Å². The second-order valence-corrected chi connectivity index (χ2v) is 16.4. The third-order valence-electron chi connectivity index (χ3n) is 13.5. The summed E-state index contributed by atoms with van der Waals surface area (Å²) < 4.78 is 2.40. The number of hydrogen-bond acceptors (Lipinski definition) is 2. The van der Waals surface area contributed by atoms with E-state index in [4.69, 9.17) is 9.97 Å². The van der Waals surface area contributed by atoms with Gasteiger partial charge in [-0.2, -0.15) is 0 Å². The van der Waals surface area contributed by atoms with Gasteiger partial charge in [0.1, 0.15) is 5.69 Å². The quantitative estimate of drug-likeness (QED) is 0.167. The van der Waals surface area contributed by atoms with Gasteiger partial charge in [-0.3, -0.25) is 4.57 Å². The Bertz CT molecular complexity index is 3780. The average Bonchev–Trinajstić information content (AvgIpc) is 3.77. The molecule has 2 aliphatic carbocycles. The first-order chi connectivity index (χ1) is 29.8. The molecule has 2 heterocycles. The number of nitrogens with zero attached hydrogens (tertiary/aromatic N) is 3. The van der Waals surface area contributed by atoms with Crippen molar-refractivity contribution >= 4 is 65.2 Å². The number of para-hydroxylation sites is 2. The van der Waals surface area contributed by atoms with E-state index in [2.05, 4.69) is 205 Å². The molecule has 12 aromatic rings. The van der Waals surface area contributed by atoms with Crippen LogP contribution in [-0.2, 0) is 5.41 Å². The molecule has 2 aromatic heterocycles. The van der Waals surface area contributed by atoms with Crippen molar-refractivity contribution in [3.05, 3.63) is 222 Å². The molecule has 0 aliphatic heterocycles. The molecule has 0 atom stereocenters. The van der Waals surface area contributed by atoms with Gasteiger partial charge in [-0.1, -0.05) is 170 Å². The van der Waals surface area contributed by atoms with E-state index in [-0.39, 0.29) is 0 Å². The lowest BCUT2D eigenvalue weighted by atomic mass is 9.67. The average molecular weight is 760 g/mol. The maximum absolute atomic E-state index is 5.61. The van der Waals surface area contributed by atoms with E-state index in [9.17, 15) is 0 Å². The Morgan fingerprint density at radius 1 is 0.350 bits per heavy atom. The first-order valence-corrected chi connectivity index (χ1v) is 20.7. The van der Waals surface area contributed by atoms with Gasteiger partial charge in [-0.25, -0.2) is 9.97 Å². The minimum absolute atomic E-state index is 0.535. The lowest BCUT2D eigenvalue weighted by Crippen LogP contribution is -2.28. The van der Waals surface area contributed by atoms with Crippen LogP contribution in [0.2, 0.25) is 0 Å². The minimum atomic E-state index is -0.535. The molecule has 276 valence electrons. The minimum Gasteiger partial charge on any atom is -0.292 e. The highest BCUT2D eigenvalue weighted by Crippen LogP contribution is 2.57. The van der Waals surface area contributed by atoms with E-state index in [1.54, 1.807) is 0 Å². The molecule has 0 saturated heterocycles. The van der Waals surface area contributed by atoms with Crippen molar-refractivity contribution in [3.63, 3.8) is 0 Å². The van der Waals surface area contributed by atoms with Gasteiger partial charge >= 0.3 is 0 Å². The second kappa shape index (κ2) is 11.6. The summed E-state index contributed by atoms with van der Waals surface area (Å²) in [7, 11) is 0. The third-order valence-corrected chi connectivity index (χ3v) is 13.5. The number of hydrogen-bond donors (Lipinski definition) is 0. The molecule has 0 spiro atoms. The lowest BCUT2D eigenvalue weighted by molar-refractivity contribution is 0.768. The number of aromatic nitrogens is 3. The summed E-state index contributed by atoms with van der Waals surface area (Å²) in [5, 5.41) is 10.2. The number of rotatable bonds is 4. The van der Waals surface area contributed by atoms with E-state index in [1.807, 2.05) is 0 Å². The summed E-state index contributed by atoms with van der Waals surface area (Å²) in [6.07, 6.45) is 0. The molecule has 0 bridgehead atoms. The van der Waals surface area contributed by atoms with E-state index in [1.165, 1.54) is 87.6 Å². The topological polar surface area (TPSA) is 30.7 Å². The zero-order valence-electron chi connectivity index (χ0n) is 32.4. The molecule has 0 N–H and O–H groups in total. The zero-order chi connectivity index (χ0) is 39.1. The van der Waals surface area contributed by atoms with E-state index < -0.39 is 5.41 Å². The molecular formula is C57H33N3. The lowest BCUT2D eigenvalue weighted by Gasteiger charge is -2.34. The summed E-state index contributed by atoms with van der Waals surface area (Å²) in [6.45, 7) is 0. The van der Waals surface area contributed by atoms with Gasteiger partial charge < -0.3 is 0 Å². The van der Waals surface area contributed by atoms with Crippen molar-refractivity contribution in [2.75, 3.05) is 0 Å². The molecular weight excluding hydrogens is 727 g/mol. The fraction of sp³-hybridized carbons (Fsp3) is 0.0175. The van der Waals surface area contributed by atoms with Crippen molar-refractivity contribution < 1.29 is 0 Å². The molecule has 3 nitrogen and oxygen atoms in total. The molecule has 14 rings (SSSR count). The van der Waals surface area contributed by atoms with Gasteiger partial charge in [0, 0.05) is 21.7 Å². The highest BCUT2D eigenvalue weighted by Gasteiger charge is 2.46. The molecule has 3 heteroatoms. The monoisotopic (exact) mass is 759 g/mol. The maximum atomic E-state index is 5.61. The largest absolute Gasteiger partial charge is 0.292 e. The van der Waals surface area contributed by atoms with Crippen LogP contribution >= 0.6 is 0 Å². The highest BCUT2D eigenvalue weighted by molar-refractivity contribution is 6.38. The Labute approximate surface area is 345 Å². The van der Waals surface area contributed by atoms with Crippen molar-refractivity contribution in [3.8, 4) is 39.3 Å². The van der Waals surface area contributed by atoms with Gasteiger partial charge in [0.2, 0.25) is 0 Å². The summed E-state index contributed by atoms with van der Waals surface area (Å²) in [4.78, 5) is 11.2. The molecule has 0 radical (unpaired) electrons. The first-order valence-electron chi connectivity index (χ1n) is 20.7. The number of benzene rings is 10. The second-order valence-electron chi connectivity index (χ2n) is 16.4. The van der Waals surface area contributed by atoms with Crippen LogP contribution in [0.5, 0.6) is 0 Å². The predicted octanol–water partition coefficient (Wildman–Crippen LogP) is 14.2. The summed E-state index contributed by atoms with van der Waals surface area (Å²) in [6, 6.07) is 73.6. The Balaban J connectivity index is 1.12. The van der Waals surface area contributed by atoms with E-state index >= 15 is 0 Å². The normalized spacial score (nSPS) is 13.5. The SMILES string of the molecule is c1ccc(C2(c3ccccc3)c3ccccc3-c3ccc(-c4nc5ccccc5nc4-n4c5cccc6c5c5c7c(ccc8ccc9cccc-6c9c87)ccc54)cc32)cc1. The maximum Gasteiger partial charge on any atom is 0.165 e. The van der Waals surface area contributed by atoms with Crippen LogP contribution in [0.1, 0.15) is 22.3 Å². The summed E-state index contributed by atoms with van der Waals surface area (Å²) in [5.74, 6) is 0.824. The Hall–Kier alpha value is -7.88. The van der Waals surface area contributed by atoms with Gasteiger partial charge in [0.15, 0.2) is 5.82 Å². The van der Waals surface area contributed by atoms with Crippen molar-refractivity contribution in [2.45, 2.75) is 5.41 Å². The van der Waals surface area contributed by atoms with Crippen molar-refractivity contribution in [2.24, 2.45) is 0 Å². The highest BCUT2D eigenvalue weighted by atomic mass is 15.1. The number of fused-ring (bicyclic) bond motifs is 5. The third kappa shape index (κ3) is 3.99. The summed E-state index contributed by atoms with van der Waals surface area (Å²) in [5.41, 5.74) is 15.4. The molecule has 0 amide bonds. The predicted molar refractivity (Wildman–Crippen MR) is 248 cm³/mol. The Morgan fingerprint density at radius 2 is 0.900 bits per heavy atom. The van der Waals surface area contributed by atoms with Crippen LogP contribution < -0.4 is 0 Å². The van der Waals surface area contributed by atoms with Crippen LogP contribution in [0, 0.1) is 0 Å². The van der Waals surface area contributed by atoms with Gasteiger partial charge in [-0.15, -0.1) is 0 Å². The zero-order valence-corrected chi connectivity index (χ0v) is 32.4. The molecule has 2 aliphatic rings. The van der Waals surface area contributed by atoms with Crippen molar-refractivity contribution in [1.29, 1.82) is 0 Å². The van der Waals surface area contributed by atoms with Crippen LogP contribution in [0.25, 0.3) is 104 Å². The first kappa shape index (κ1) is 32.1. The molecule has 0 saturated carbocycles. The van der Waals surface area contributed by atoms with Gasteiger partial charge in [0.05, 0.1) is 27.5 Å². The fourth-order valence-corrected chi connectivity index (χ4v) is 11.2. The van der Waals surface area contributed by atoms with Crippen LogP contribution in [-0.4, -0.2) is 14.5 Å². The van der Waals surface area contributed by atoms with Gasteiger partial charge in [0.25, 0.3) is 0 Å². The summed E-state index contributed by atoms with van der Waals surface area (Å²) >= 11 is 0. The molecule has 60 heavy (non-hydrogen) atoms. The van der Waals surface area contributed by atoms with Gasteiger partial charge in [-0.05, 0) is 102 Å². The van der Waals surface area contributed by atoms with Crippen LogP contribution in [0.3, 0.4) is 0 Å². The Morgan fingerprint density at radius 3 is 1.65 bits per heavy atom. The standard InChI is InChI=1S/C57H33N3/c1-3-14-38(15-4-1)57(39-16-5-2-6-17-39)44-21-8-7-18-40(44)41-31-29-37(33-45(41)57)55-56(59-47-23-10-9-22-46(47)58-55)60-48-24-12-20-43-42-19-11-13-34-25-26-35-27-28-36-30-32-49(60)54(53(43)48)52(36)51(35)50(34)42/h1-33H. The van der Waals surface area contributed by atoms with E-state index in [0.717, 1.165) is 39.1 Å². The molecule has 0 fully saturated rings. The van der Waals surface area contributed by atoms with Crippen LogP contribution in [0.15, 0.2) is 200 Å². The van der Waals surface area contributed by atoms with E-state index in [0.29, 0.717) is 0 Å². The fourth-order valence-electron chi connectivity index (χ4n) is 11.2. The smallest absolute Gasteiger partial charge is 0.165 e.